The van der Waals surface area contributed by atoms with Crippen LogP contribution in [0.15, 0.2) is 6.07 Å². The lowest BCUT2D eigenvalue weighted by Gasteiger charge is -2.18. The maximum atomic E-state index is 12.1. The zero-order valence-corrected chi connectivity index (χ0v) is 12.5. The first-order valence-electron chi connectivity index (χ1n) is 6.61. The third kappa shape index (κ3) is 3.26. The van der Waals surface area contributed by atoms with E-state index in [2.05, 4.69) is 5.32 Å². The number of aryl methyl sites for hydroxylation is 1. The Balaban J connectivity index is 3.06. The first-order chi connectivity index (χ1) is 8.96. The van der Waals surface area contributed by atoms with E-state index in [1.165, 1.54) is 0 Å². The highest BCUT2D eigenvalue weighted by Crippen LogP contribution is 2.31. The second-order valence-corrected chi connectivity index (χ2v) is 4.85. The van der Waals surface area contributed by atoms with Crippen molar-refractivity contribution in [1.82, 2.24) is 0 Å². The molecule has 0 aliphatic rings. The van der Waals surface area contributed by atoms with Crippen LogP contribution in [-0.4, -0.2) is 19.6 Å². The molecule has 0 saturated carbocycles. The van der Waals surface area contributed by atoms with Crippen LogP contribution in [0.25, 0.3) is 0 Å². The molecule has 4 heteroatoms. The molecule has 0 fully saturated rings. The molecule has 0 saturated heterocycles. The number of nitrogens with one attached hydrogen (secondary N) is 1. The minimum atomic E-state index is -0.137. The van der Waals surface area contributed by atoms with Crippen molar-refractivity contribution in [3.8, 4) is 5.75 Å². The molecule has 1 atom stereocenters. The Hall–Kier alpha value is -1.55. The summed E-state index contributed by atoms with van der Waals surface area (Å²) in [6.45, 7) is 8.29. The van der Waals surface area contributed by atoms with E-state index in [-0.39, 0.29) is 11.8 Å². The predicted octanol–water partition coefficient (Wildman–Crippen LogP) is 2.54. The fourth-order valence-electron chi connectivity index (χ4n) is 2.20. The Kier molecular flexibility index (Phi) is 5.36. The van der Waals surface area contributed by atoms with E-state index in [0.29, 0.717) is 6.54 Å². The number of anilines is 1. The third-order valence-electron chi connectivity index (χ3n) is 3.64. The zero-order chi connectivity index (χ0) is 14.6. The van der Waals surface area contributed by atoms with Crippen LogP contribution in [0.2, 0.25) is 0 Å². The second-order valence-electron chi connectivity index (χ2n) is 4.85. The molecule has 0 aromatic heterocycles. The summed E-state index contributed by atoms with van der Waals surface area (Å²) in [6.07, 6.45) is 0.746. The summed E-state index contributed by atoms with van der Waals surface area (Å²) in [7, 11) is 1.66. The predicted molar refractivity (Wildman–Crippen MR) is 78.7 cm³/mol. The number of carbonyl (C=O) groups is 1. The van der Waals surface area contributed by atoms with Crippen LogP contribution < -0.4 is 15.8 Å². The minimum Gasteiger partial charge on any atom is -0.496 e. The number of benzene rings is 1. The van der Waals surface area contributed by atoms with Gasteiger partial charge in [0.15, 0.2) is 0 Å². The molecule has 0 aliphatic heterocycles. The average molecular weight is 264 g/mol. The number of methoxy groups -OCH3 is 1. The SMILES string of the molecule is CCC(CN)C(=O)Nc1cc(C)c(OC)c(C)c1C. The lowest BCUT2D eigenvalue weighted by atomic mass is 10.0. The Morgan fingerprint density at radius 2 is 2.00 bits per heavy atom. The topological polar surface area (TPSA) is 64.4 Å². The number of hydrogen-bond donors (Lipinski definition) is 2. The van der Waals surface area contributed by atoms with Gasteiger partial charge in [-0.1, -0.05) is 6.92 Å². The van der Waals surface area contributed by atoms with Crippen molar-refractivity contribution in [1.29, 1.82) is 0 Å². The number of nitrogens with two attached hydrogens (primary N) is 1. The molecule has 106 valence electrons. The van der Waals surface area contributed by atoms with Crippen LogP contribution >= 0.6 is 0 Å². The van der Waals surface area contributed by atoms with E-state index in [4.69, 9.17) is 10.5 Å². The molecule has 0 aliphatic carbocycles. The smallest absolute Gasteiger partial charge is 0.228 e. The van der Waals surface area contributed by atoms with Gasteiger partial charge in [0.05, 0.1) is 13.0 Å². The maximum Gasteiger partial charge on any atom is 0.228 e. The van der Waals surface area contributed by atoms with E-state index in [0.717, 1.165) is 34.5 Å². The highest BCUT2D eigenvalue weighted by molar-refractivity contribution is 5.93. The van der Waals surface area contributed by atoms with E-state index in [1.54, 1.807) is 7.11 Å². The molecular weight excluding hydrogens is 240 g/mol. The fraction of sp³-hybridized carbons (Fsp3) is 0.533. The van der Waals surface area contributed by atoms with Gasteiger partial charge in [-0.05, 0) is 49.9 Å². The normalized spacial score (nSPS) is 12.1. The van der Waals surface area contributed by atoms with Gasteiger partial charge in [-0.15, -0.1) is 0 Å². The lowest BCUT2D eigenvalue weighted by molar-refractivity contribution is -0.119. The van der Waals surface area contributed by atoms with Gasteiger partial charge in [0.2, 0.25) is 5.91 Å². The summed E-state index contributed by atoms with van der Waals surface area (Å²) >= 11 is 0. The number of hydrogen-bond acceptors (Lipinski definition) is 3. The molecule has 0 bridgehead atoms. The molecule has 1 unspecified atom stereocenters. The largest absolute Gasteiger partial charge is 0.496 e. The number of ether oxygens (including phenoxy) is 1. The molecular formula is C15H24N2O2. The summed E-state index contributed by atoms with van der Waals surface area (Å²) in [4.78, 5) is 12.1. The van der Waals surface area contributed by atoms with Crippen LogP contribution in [0.3, 0.4) is 0 Å². The van der Waals surface area contributed by atoms with Gasteiger partial charge in [0, 0.05) is 12.2 Å². The minimum absolute atomic E-state index is 0.0166. The average Bonchev–Trinajstić information content (AvgIpc) is 2.37. The van der Waals surface area contributed by atoms with Crippen LogP contribution in [-0.2, 0) is 4.79 Å². The fourth-order valence-corrected chi connectivity index (χ4v) is 2.20. The standard InChI is InChI=1S/C15H24N2O2/c1-6-12(8-16)15(18)17-13-7-9(2)14(19-5)11(4)10(13)3/h7,12H,6,8,16H2,1-5H3,(H,17,18). The third-order valence-corrected chi connectivity index (χ3v) is 3.64. The monoisotopic (exact) mass is 264 g/mol. The number of rotatable bonds is 5. The summed E-state index contributed by atoms with van der Waals surface area (Å²) in [6, 6.07) is 1.95. The lowest BCUT2D eigenvalue weighted by Crippen LogP contribution is -2.29. The van der Waals surface area contributed by atoms with E-state index < -0.39 is 0 Å². The van der Waals surface area contributed by atoms with Crippen molar-refractivity contribution in [3.05, 3.63) is 22.8 Å². The molecule has 1 aromatic rings. The van der Waals surface area contributed by atoms with Crippen molar-refractivity contribution in [2.45, 2.75) is 34.1 Å². The highest BCUT2D eigenvalue weighted by Gasteiger charge is 2.17. The maximum absolute atomic E-state index is 12.1. The van der Waals surface area contributed by atoms with Crippen molar-refractivity contribution in [2.75, 3.05) is 19.0 Å². The summed E-state index contributed by atoms with van der Waals surface area (Å²) in [5.41, 5.74) is 9.54. The van der Waals surface area contributed by atoms with Gasteiger partial charge in [0.25, 0.3) is 0 Å². The molecule has 1 amide bonds. The Bertz CT molecular complexity index is 466. The van der Waals surface area contributed by atoms with Crippen LogP contribution in [0.1, 0.15) is 30.0 Å². The molecule has 1 aromatic carbocycles. The molecule has 0 spiro atoms. The van der Waals surface area contributed by atoms with E-state index in [1.807, 2.05) is 33.8 Å². The summed E-state index contributed by atoms with van der Waals surface area (Å²) in [5, 5.41) is 2.97. The van der Waals surface area contributed by atoms with Crippen molar-refractivity contribution < 1.29 is 9.53 Å². The molecule has 0 radical (unpaired) electrons. The summed E-state index contributed by atoms with van der Waals surface area (Å²) < 4.78 is 5.37. The van der Waals surface area contributed by atoms with Crippen LogP contribution in [0.4, 0.5) is 5.69 Å². The van der Waals surface area contributed by atoms with Gasteiger partial charge in [0.1, 0.15) is 5.75 Å². The van der Waals surface area contributed by atoms with E-state index in [9.17, 15) is 4.79 Å². The van der Waals surface area contributed by atoms with Crippen molar-refractivity contribution in [2.24, 2.45) is 11.7 Å². The zero-order valence-electron chi connectivity index (χ0n) is 12.5. The quantitative estimate of drug-likeness (QED) is 0.859. The number of amides is 1. The molecule has 3 N–H and O–H groups in total. The first-order valence-corrected chi connectivity index (χ1v) is 6.61. The van der Waals surface area contributed by atoms with Gasteiger partial charge in [-0.3, -0.25) is 4.79 Å². The second kappa shape index (κ2) is 6.57. The van der Waals surface area contributed by atoms with Gasteiger partial charge >= 0.3 is 0 Å². The van der Waals surface area contributed by atoms with Gasteiger partial charge in [-0.25, -0.2) is 0 Å². The van der Waals surface area contributed by atoms with Crippen LogP contribution in [0, 0.1) is 26.7 Å². The molecule has 19 heavy (non-hydrogen) atoms. The molecule has 0 heterocycles. The number of carbonyl (C=O) groups excluding carboxylic acids is 1. The van der Waals surface area contributed by atoms with E-state index >= 15 is 0 Å². The van der Waals surface area contributed by atoms with Crippen LogP contribution in [0.5, 0.6) is 5.75 Å². The molecule has 1 rings (SSSR count). The summed E-state index contributed by atoms with van der Waals surface area (Å²) in [5.74, 6) is 0.723. The highest BCUT2D eigenvalue weighted by atomic mass is 16.5. The van der Waals surface area contributed by atoms with Gasteiger partial charge < -0.3 is 15.8 Å². The Morgan fingerprint density at radius 3 is 2.47 bits per heavy atom. The Labute approximate surface area is 115 Å². The van der Waals surface area contributed by atoms with Gasteiger partial charge in [-0.2, -0.15) is 0 Å². The first kappa shape index (κ1) is 15.5. The Morgan fingerprint density at radius 1 is 1.37 bits per heavy atom. The molecule has 4 nitrogen and oxygen atoms in total. The van der Waals surface area contributed by atoms with Crippen molar-refractivity contribution in [3.63, 3.8) is 0 Å². The van der Waals surface area contributed by atoms with Crippen molar-refractivity contribution >= 4 is 11.6 Å².